The molecule has 0 aromatic rings. The first-order valence-corrected chi connectivity index (χ1v) is 12.7. The highest BCUT2D eigenvalue weighted by Gasteiger charge is 2.17. The van der Waals surface area contributed by atoms with E-state index in [0.717, 1.165) is 38.5 Å². The molecule has 0 atom stereocenters. The number of ether oxygens (including phenoxy) is 2. The number of unbranched alkanes of at least 4 members (excludes halogenated alkanes) is 11. The van der Waals surface area contributed by atoms with E-state index in [-0.39, 0.29) is 25.4 Å². The molecule has 0 fully saturated rings. The average Bonchev–Trinajstić information content (AvgIpc) is 2.73. The number of rotatable bonds is 21. The molecule has 0 spiro atoms. The average molecular weight is 487 g/mol. The Hall–Kier alpha value is -2.16. The van der Waals surface area contributed by atoms with Gasteiger partial charge in [0.05, 0.1) is 13.1 Å². The topological polar surface area (TPSA) is 131 Å². The molecule has 9 heteroatoms. The maximum absolute atomic E-state index is 11.8. The summed E-state index contributed by atoms with van der Waals surface area (Å²) in [5.74, 6) is -2.11. The predicted molar refractivity (Wildman–Crippen MR) is 130 cm³/mol. The first-order chi connectivity index (χ1) is 16.1. The van der Waals surface area contributed by atoms with E-state index in [4.69, 9.17) is 14.6 Å². The highest BCUT2D eigenvalue weighted by molar-refractivity contribution is 5.80. The smallest absolute Gasteiger partial charge is 0.344 e. The lowest BCUT2D eigenvalue weighted by Gasteiger charge is -2.19. The van der Waals surface area contributed by atoms with Crippen molar-refractivity contribution >= 4 is 23.8 Å². The SMILES string of the molecule is CC(C)(C)OC(=O)COC(=O)CNCC(=O)NCCCCCCCCCCCCCCC(=O)O. The van der Waals surface area contributed by atoms with E-state index in [1.165, 1.54) is 38.5 Å². The number of carboxylic acid groups (broad SMARTS) is 1. The molecule has 0 bridgehead atoms. The summed E-state index contributed by atoms with van der Waals surface area (Å²) in [6.07, 6.45) is 13.8. The lowest BCUT2D eigenvalue weighted by atomic mass is 10.0. The number of esters is 2. The Labute approximate surface area is 204 Å². The van der Waals surface area contributed by atoms with Crippen molar-refractivity contribution in [2.24, 2.45) is 0 Å². The van der Waals surface area contributed by atoms with Gasteiger partial charge in [-0.15, -0.1) is 0 Å². The summed E-state index contributed by atoms with van der Waals surface area (Å²) in [5, 5.41) is 14.1. The van der Waals surface area contributed by atoms with Gasteiger partial charge in [0.25, 0.3) is 0 Å². The Morgan fingerprint density at radius 2 is 1.21 bits per heavy atom. The van der Waals surface area contributed by atoms with Gasteiger partial charge in [0.15, 0.2) is 6.61 Å². The Balaban J connectivity index is 3.40. The van der Waals surface area contributed by atoms with Gasteiger partial charge < -0.3 is 19.9 Å². The molecule has 0 radical (unpaired) electrons. The highest BCUT2D eigenvalue weighted by atomic mass is 16.6. The van der Waals surface area contributed by atoms with E-state index in [1.807, 2.05) is 0 Å². The molecule has 0 saturated heterocycles. The number of hydrogen-bond acceptors (Lipinski definition) is 7. The van der Waals surface area contributed by atoms with Crippen LogP contribution in [-0.2, 0) is 28.7 Å². The zero-order chi connectivity index (χ0) is 25.7. The molecule has 0 aromatic carbocycles. The van der Waals surface area contributed by atoms with Crippen molar-refractivity contribution in [2.45, 2.75) is 110 Å². The lowest BCUT2D eigenvalue weighted by Crippen LogP contribution is -2.37. The fourth-order valence-electron chi connectivity index (χ4n) is 3.30. The largest absolute Gasteiger partial charge is 0.481 e. The fourth-order valence-corrected chi connectivity index (χ4v) is 3.30. The van der Waals surface area contributed by atoms with Crippen molar-refractivity contribution in [3.8, 4) is 0 Å². The number of nitrogens with one attached hydrogen (secondary N) is 2. The number of carbonyl (C=O) groups is 4. The number of carboxylic acids is 1. The highest BCUT2D eigenvalue weighted by Crippen LogP contribution is 2.12. The second kappa shape index (κ2) is 20.2. The minimum Gasteiger partial charge on any atom is -0.481 e. The summed E-state index contributed by atoms with van der Waals surface area (Å²) in [7, 11) is 0. The summed E-state index contributed by atoms with van der Waals surface area (Å²) in [6.45, 7) is 5.23. The van der Waals surface area contributed by atoms with Gasteiger partial charge in [0, 0.05) is 13.0 Å². The molecule has 9 nitrogen and oxygen atoms in total. The summed E-state index contributed by atoms with van der Waals surface area (Å²) < 4.78 is 9.84. The molecule has 0 unspecified atom stereocenters. The van der Waals surface area contributed by atoms with E-state index in [2.05, 4.69) is 10.6 Å². The molecule has 198 valence electrons. The molecule has 0 saturated carbocycles. The van der Waals surface area contributed by atoms with E-state index in [1.54, 1.807) is 20.8 Å². The van der Waals surface area contributed by atoms with Gasteiger partial charge in [0.2, 0.25) is 5.91 Å². The maximum Gasteiger partial charge on any atom is 0.344 e. The van der Waals surface area contributed by atoms with Crippen LogP contribution in [0.15, 0.2) is 0 Å². The molecule has 0 aliphatic rings. The fraction of sp³-hybridized carbons (Fsp3) is 0.840. The van der Waals surface area contributed by atoms with Gasteiger partial charge in [0.1, 0.15) is 5.60 Å². The third kappa shape index (κ3) is 24.5. The first-order valence-electron chi connectivity index (χ1n) is 12.7. The van der Waals surface area contributed by atoms with Crippen molar-refractivity contribution in [1.29, 1.82) is 0 Å². The molecule has 3 N–H and O–H groups in total. The summed E-state index contributed by atoms with van der Waals surface area (Å²) in [4.78, 5) is 45.2. The van der Waals surface area contributed by atoms with Crippen LogP contribution in [0.25, 0.3) is 0 Å². The zero-order valence-electron chi connectivity index (χ0n) is 21.4. The maximum atomic E-state index is 11.8. The van der Waals surface area contributed by atoms with Gasteiger partial charge in [-0.2, -0.15) is 0 Å². The molecule has 34 heavy (non-hydrogen) atoms. The number of carbonyl (C=O) groups excluding carboxylic acids is 3. The minimum absolute atomic E-state index is 0.0150. The lowest BCUT2D eigenvalue weighted by molar-refractivity contribution is -0.166. The van der Waals surface area contributed by atoms with Crippen LogP contribution in [0.5, 0.6) is 0 Å². The summed E-state index contributed by atoms with van der Waals surface area (Å²) in [6, 6.07) is 0. The van der Waals surface area contributed by atoms with Crippen LogP contribution in [0, 0.1) is 0 Å². The van der Waals surface area contributed by atoms with Crippen molar-refractivity contribution in [1.82, 2.24) is 10.6 Å². The number of hydrogen-bond donors (Lipinski definition) is 3. The number of amides is 1. The van der Waals surface area contributed by atoms with Crippen molar-refractivity contribution in [3.05, 3.63) is 0 Å². The van der Waals surface area contributed by atoms with Gasteiger partial charge in [-0.05, 0) is 33.6 Å². The molecule has 0 aromatic heterocycles. The van der Waals surface area contributed by atoms with Crippen LogP contribution in [0.2, 0.25) is 0 Å². The molecule has 1 amide bonds. The van der Waals surface area contributed by atoms with E-state index >= 15 is 0 Å². The van der Waals surface area contributed by atoms with Crippen molar-refractivity contribution in [3.63, 3.8) is 0 Å². The second-order valence-corrected chi connectivity index (χ2v) is 9.59. The van der Waals surface area contributed by atoms with Crippen LogP contribution < -0.4 is 10.6 Å². The van der Waals surface area contributed by atoms with Crippen LogP contribution in [0.1, 0.15) is 104 Å². The zero-order valence-corrected chi connectivity index (χ0v) is 21.4. The van der Waals surface area contributed by atoms with Crippen molar-refractivity contribution in [2.75, 3.05) is 26.2 Å². The van der Waals surface area contributed by atoms with Crippen LogP contribution in [0.4, 0.5) is 0 Å². The molecule has 0 aliphatic carbocycles. The molecule has 0 aliphatic heterocycles. The summed E-state index contributed by atoms with van der Waals surface area (Å²) >= 11 is 0. The minimum atomic E-state index is -0.701. The van der Waals surface area contributed by atoms with Crippen LogP contribution >= 0.6 is 0 Å². The van der Waals surface area contributed by atoms with Gasteiger partial charge in [-0.25, -0.2) is 4.79 Å². The van der Waals surface area contributed by atoms with Crippen LogP contribution in [-0.4, -0.2) is 60.8 Å². The molecular weight excluding hydrogens is 440 g/mol. The quantitative estimate of drug-likeness (QED) is 0.165. The van der Waals surface area contributed by atoms with E-state index < -0.39 is 30.1 Å². The van der Waals surface area contributed by atoms with Gasteiger partial charge >= 0.3 is 17.9 Å². The Bertz CT molecular complexity index is 588. The molecular formula is C25H46N2O7. The monoisotopic (exact) mass is 486 g/mol. The Kier molecular flexibility index (Phi) is 18.9. The second-order valence-electron chi connectivity index (χ2n) is 9.59. The molecule has 0 rings (SSSR count). The third-order valence-corrected chi connectivity index (χ3v) is 4.97. The third-order valence-electron chi connectivity index (χ3n) is 4.97. The Morgan fingerprint density at radius 3 is 1.71 bits per heavy atom. The normalized spacial score (nSPS) is 11.1. The summed E-state index contributed by atoms with van der Waals surface area (Å²) in [5.41, 5.74) is -0.632. The van der Waals surface area contributed by atoms with Crippen LogP contribution in [0.3, 0.4) is 0 Å². The predicted octanol–water partition coefficient (Wildman–Crippen LogP) is 3.73. The van der Waals surface area contributed by atoms with Gasteiger partial charge in [-0.3, -0.25) is 19.7 Å². The van der Waals surface area contributed by atoms with E-state index in [9.17, 15) is 19.2 Å². The number of aliphatic carboxylic acids is 1. The first kappa shape index (κ1) is 31.8. The van der Waals surface area contributed by atoms with Gasteiger partial charge in [-0.1, -0.05) is 64.2 Å². The van der Waals surface area contributed by atoms with E-state index in [0.29, 0.717) is 6.54 Å². The standard InChI is InChI=1S/C25H46N2O7/c1-25(2,3)34-24(32)20-33-23(31)19-26-18-21(28)27-17-15-13-11-9-7-5-4-6-8-10-12-14-16-22(29)30/h26H,4-20H2,1-3H3,(H,27,28)(H,29,30). The van der Waals surface area contributed by atoms with Crippen molar-refractivity contribution < 1.29 is 33.8 Å². The Morgan fingerprint density at radius 1 is 0.706 bits per heavy atom. The molecule has 0 heterocycles.